The predicted molar refractivity (Wildman–Crippen MR) is 117 cm³/mol. The van der Waals surface area contributed by atoms with Crippen LogP contribution in [0.4, 0.5) is 17.6 Å². The topological polar surface area (TPSA) is 72.8 Å². The van der Waals surface area contributed by atoms with Gasteiger partial charge in [-0.3, -0.25) is 9.99 Å². The van der Waals surface area contributed by atoms with Crippen LogP contribution < -0.4 is 11.1 Å². The number of pyridine rings is 1. The van der Waals surface area contributed by atoms with E-state index in [1.54, 1.807) is 0 Å². The molecule has 2 heterocycles. The second-order valence-electron chi connectivity index (χ2n) is 7.34. The van der Waals surface area contributed by atoms with Gasteiger partial charge < -0.3 is 5.11 Å². The lowest BCUT2D eigenvalue weighted by atomic mass is 9.84. The number of nitrogens with zero attached hydrogens (tertiary/aromatic N) is 3. The molecule has 2 aromatic carbocycles. The molecule has 0 aliphatic carbocycles. The summed E-state index contributed by atoms with van der Waals surface area (Å²) in [6.07, 6.45) is 2.23. The number of benzene rings is 2. The fourth-order valence-electron chi connectivity index (χ4n) is 3.27. The first-order chi connectivity index (χ1) is 16.2. The van der Waals surface area contributed by atoms with Gasteiger partial charge in [-0.05, 0) is 48.5 Å². The molecule has 3 N–H and O–H groups in total. The molecule has 0 spiro atoms. The van der Waals surface area contributed by atoms with Crippen LogP contribution in [-0.4, -0.2) is 28.0 Å². The summed E-state index contributed by atoms with van der Waals surface area (Å²) < 4.78 is 59.2. The maximum absolute atomic E-state index is 15.7. The average Bonchev–Trinajstić information content (AvgIpc) is 3.31. The van der Waals surface area contributed by atoms with Crippen LogP contribution in [0.2, 0.25) is 5.02 Å². The molecule has 11 heteroatoms. The molecular formula is C23H16ClF4N5O. The van der Waals surface area contributed by atoms with Crippen molar-refractivity contribution in [1.29, 1.82) is 0 Å². The van der Waals surface area contributed by atoms with Gasteiger partial charge in [-0.25, -0.2) is 14.3 Å². The van der Waals surface area contributed by atoms with Crippen molar-refractivity contribution < 1.29 is 22.7 Å². The van der Waals surface area contributed by atoms with E-state index < -0.39 is 41.0 Å². The van der Waals surface area contributed by atoms with Crippen LogP contribution in [0.5, 0.6) is 0 Å². The van der Waals surface area contributed by atoms with Gasteiger partial charge in [0.25, 0.3) is 0 Å². The van der Waals surface area contributed by atoms with Crippen molar-refractivity contribution in [2.45, 2.75) is 11.5 Å². The van der Waals surface area contributed by atoms with Crippen molar-refractivity contribution in [1.82, 2.24) is 21.1 Å². The molecule has 1 aliphatic heterocycles. The van der Waals surface area contributed by atoms with Crippen LogP contribution in [0, 0.1) is 23.5 Å². The summed E-state index contributed by atoms with van der Waals surface area (Å²) in [5, 5.41) is 15.9. The minimum atomic E-state index is -4.05. The quantitative estimate of drug-likeness (QED) is 0.377. The molecule has 0 saturated carbocycles. The normalized spacial score (nSPS) is 14.8. The Kier molecular flexibility index (Phi) is 6.43. The number of rotatable bonds is 5. The van der Waals surface area contributed by atoms with E-state index in [0.717, 1.165) is 35.7 Å². The zero-order valence-corrected chi connectivity index (χ0v) is 18.0. The summed E-state index contributed by atoms with van der Waals surface area (Å²) in [7, 11) is 0. The molecule has 174 valence electrons. The molecule has 1 unspecified atom stereocenters. The minimum absolute atomic E-state index is 0.0170. The molecule has 3 aromatic rings. The highest BCUT2D eigenvalue weighted by molar-refractivity contribution is 6.30. The Hall–Kier alpha value is -3.65. The first-order valence-electron chi connectivity index (χ1n) is 9.79. The van der Waals surface area contributed by atoms with Crippen molar-refractivity contribution in [3.05, 3.63) is 99.8 Å². The molecule has 1 atom stereocenters. The molecule has 1 aliphatic rings. The van der Waals surface area contributed by atoms with E-state index >= 15 is 8.78 Å². The molecule has 6 nitrogen and oxygen atoms in total. The van der Waals surface area contributed by atoms with Gasteiger partial charge in [0.2, 0.25) is 0 Å². The summed E-state index contributed by atoms with van der Waals surface area (Å²) in [5.41, 5.74) is 1.05. The third kappa shape index (κ3) is 4.68. The van der Waals surface area contributed by atoms with E-state index in [2.05, 4.69) is 33.0 Å². The number of nitrogens with one attached hydrogen (secondary N) is 2. The van der Waals surface area contributed by atoms with Gasteiger partial charge >= 0.3 is 5.92 Å². The average molecular weight is 490 g/mol. The zero-order chi connectivity index (χ0) is 24.3. The third-order valence-corrected chi connectivity index (χ3v) is 5.27. The Labute approximate surface area is 196 Å². The fraction of sp³-hybridized carbons (Fsp3) is 0.130. The van der Waals surface area contributed by atoms with Gasteiger partial charge in [0.05, 0.1) is 6.54 Å². The maximum Gasteiger partial charge on any atom is 0.323 e. The highest BCUT2D eigenvalue weighted by Crippen LogP contribution is 2.46. The monoisotopic (exact) mass is 489 g/mol. The van der Waals surface area contributed by atoms with E-state index in [9.17, 15) is 13.9 Å². The number of β-amino-alcohol motifs (C(OH)–C–C–N with tert-alkyl or cyclic N) is 1. The molecule has 0 bridgehead atoms. The highest BCUT2D eigenvalue weighted by Gasteiger charge is 2.58. The maximum atomic E-state index is 15.7. The number of hydrogen-bond donors (Lipinski definition) is 3. The summed E-state index contributed by atoms with van der Waals surface area (Å²) in [6.45, 7) is -0.789. The van der Waals surface area contributed by atoms with Gasteiger partial charge in [-0.1, -0.05) is 29.5 Å². The lowest BCUT2D eigenvalue weighted by Gasteiger charge is -2.38. The van der Waals surface area contributed by atoms with Gasteiger partial charge in [0.15, 0.2) is 5.60 Å². The van der Waals surface area contributed by atoms with E-state index in [1.165, 1.54) is 36.4 Å². The van der Waals surface area contributed by atoms with E-state index in [0.29, 0.717) is 11.1 Å². The lowest BCUT2D eigenvalue weighted by Crippen LogP contribution is -2.54. The van der Waals surface area contributed by atoms with Crippen LogP contribution in [0.15, 0.2) is 65.9 Å². The summed E-state index contributed by atoms with van der Waals surface area (Å²) in [4.78, 5) is 3.78. The van der Waals surface area contributed by atoms with Crippen molar-refractivity contribution in [3.63, 3.8) is 0 Å². The molecule has 0 saturated heterocycles. The van der Waals surface area contributed by atoms with Crippen LogP contribution in [0.1, 0.15) is 22.4 Å². The smallest absolute Gasteiger partial charge is 0.323 e. The number of hydrogen-bond acceptors (Lipinski definition) is 6. The number of aromatic nitrogens is 1. The number of alkyl halides is 2. The second-order valence-corrected chi connectivity index (χ2v) is 7.78. The van der Waals surface area contributed by atoms with Crippen molar-refractivity contribution >= 4 is 17.9 Å². The van der Waals surface area contributed by atoms with Crippen LogP contribution in [-0.2, 0) is 11.5 Å². The van der Waals surface area contributed by atoms with Gasteiger partial charge in [-0.2, -0.15) is 13.9 Å². The Bertz CT molecular complexity index is 1280. The largest absolute Gasteiger partial charge is 0.377 e. The Balaban J connectivity index is 1.68. The summed E-state index contributed by atoms with van der Waals surface area (Å²) in [6, 6.07) is 10.8. The van der Waals surface area contributed by atoms with Gasteiger partial charge in [-0.15, -0.1) is 5.53 Å². The molecular weight excluding hydrogens is 474 g/mol. The third-order valence-electron chi connectivity index (χ3n) is 5.03. The van der Waals surface area contributed by atoms with Crippen LogP contribution >= 0.6 is 11.6 Å². The van der Waals surface area contributed by atoms with Crippen LogP contribution in [0.25, 0.3) is 0 Å². The molecule has 4 rings (SSSR count). The molecule has 34 heavy (non-hydrogen) atoms. The molecule has 1 aromatic heterocycles. The Morgan fingerprint density at radius 3 is 2.32 bits per heavy atom. The fourth-order valence-corrected chi connectivity index (χ4v) is 3.43. The molecule has 0 radical (unpaired) electrons. The lowest BCUT2D eigenvalue weighted by molar-refractivity contribution is -0.205. The standard InChI is InChI=1S/C23H16ClF4N5O/c24-17-6-9-19(20(26)11-17)22(34,13-33-14-30-31-32-33)23(27,28)21-10-5-16(12-29-21)2-1-15-3-7-18(25)8-4-15/h3-12,14,31-32,34H,13H2. The van der Waals surface area contributed by atoms with Crippen molar-refractivity contribution in [2.75, 3.05) is 6.54 Å². The highest BCUT2D eigenvalue weighted by atomic mass is 35.5. The van der Waals surface area contributed by atoms with Gasteiger partial charge in [0.1, 0.15) is 23.7 Å². The zero-order valence-electron chi connectivity index (χ0n) is 17.2. The van der Waals surface area contributed by atoms with Crippen molar-refractivity contribution in [2.24, 2.45) is 5.10 Å². The predicted octanol–water partition coefficient (Wildman–Crippen LogP) is 3.66. The Morgan fingerprint density at radius 1 is 1.00 bits per heavy atom. The Morgan fingerprint density at radius 2 is 1.71 bits per heavy atom. The van der Waals surface area contributed by atoms with E-state index in [4.69, 9.17) is 11.6 Å². The number of halogens is 5. The SMILES string of the molecule is OC(CN1C=NNN1)(c1ccc(Cl)cc1F)C(F)(F)c1ccc(C#Cc2ccc(F)cc2)cn1. The first kappa shape index (κ1) is 23.5. The van der Waals surface area contributed by atoms with Crippen LogP contribution in [0.3, 0.4) is 0 Å². The van der Waals surface area contributed by atoms with E-state index in [1.807, 2.05) is 0 Å². The number of hydrazone groups is 1. The summed E-state index contributed by atoms with van der Waals surface area (Å²) in [5.74, 6) is -0.0572. The van der Waals surface area contributed by atoms with Gasteiger partial charge in [0, 0.05) is 27.9 Å². The summed E-state index contributed by atoms with van der Waals surface area (Å²) >= 11 is 5.76. The second kappa shape index (κ2) is 9.30. The molecule has 0 amide bonds. The number of aliphatic hydroxyl groups is 1. The minimum Gasteiger partial charge on any atom is -0.377 e. The van der Waals surface area contributed by atoms with E-state index in [-0.39, 0.29) is 5.02 Å². The van der Waals surface area contributed by atoms with Crippen molar-refractivity contribution in [3.8, 4) is 11.8 Å². The number of hydrazine groups is 2. The molecule has 0 fully saturated rings. The first-order valence-corrected chi connectivity index (χ1v) is 10.2.